The zero-order valence-corrected chi connectivity index (χ0v) is 20.3. The SMILES string of the molecule is CCn1c(SCC(=O)Nc2cc(C3CCCC3)nn2-c2ccccc2)nnc1N1CCOCC1. The third-order valence-corrected chi connectivity index (χ3v) is 7.38. The molecule has 5 rings (SSSR count). The molecule has 0 radical (unpaired) electrons. The van der Waals surface area contributed by atoms with Crippen LogP contribution in [0.15, 0.2) is 41.6 Å². The summed E-state index contributed by atoms with van der Waals surface area (Å²) in [6.07, 6.45) is 4.80. The predicted molar refractivity (Wildman–Crippen MR) is 133 cm³/mol. The van der Waals surface area contributed by atoms with Gasteiger partial charge in [-0.1, -0.05) is 42.8 Å². The fourth-order valence-corrected chi connectivity index (χ4v) is 5.44. The first-order chi connectivity index (χ1) is 16.7. The summed E-state index contributed by atoms with van der Waals surface area (Å²) in [6.45, 7) is 5.81. The van der Waals surface area contributed by atoms with E-state index in [9.17, 15) is 4.79 Å². The van der Waals surface area contributed by atoms with Crippen LogP contribution in [0.3, 0.4) is 0 Å². The summed E-state index contributed by atoms with van der Waals surface area (Å²) in [4.78, 5) is 15.1. The van der Waals surface area contributed by atoms with Crippen molar-refractivity contribution < 1.29 is 9.53 Å². The first-order valence-corrected chi connectivity index (χ1v) is 13.1. The Morgan fingerprint density at radius 2 is 1.91 bits per heavy atom. The molecule has 2 aromatic heterocycles. The molecule has 34 heavy (non-hydrogen) atoms. The Morgan fingerprint density at radius 3 is 2.65 bits per heavy atom. The molecule has 0 atom stereocenters. The second-order valence-corrected chi connectivity index (χ2v) is 9.59. The van der Waals surface area contributed by atoms with E-state index in [4.69, 9.17) is 9.84 Å². The number of nitrogens with zero attached hydrogens (tertiary/aromatic N) is 6. The molecule has 1 aromatic carbocycles. The van der Waals surface area contributed by atoms with Gasteiger partial charge in [0.1, 0.15) is 5.82 Å². The highest BCUT2D eigenvalue weighted by atomic mass is 32.2. The van der Waals surface area contributed by atoms with Crippen molar-refractivity contribution in [1.29, 1.82) is 0 Å². The van der Waals surface area contributed by atoms with Crippen LogP contribution in [0.25, 0.3) is 5.69 Å². The molecule has 1 aliphatic heterocycles. The maximum absolute atomic E-state index is 13.0. The summed E-state index contributed by atoms with van der Waals surface area (Å²) in [5.41, 5.74) is 2.00. The van der Waals surface area contributed by atoms with E-state index in [-0.39, 0.29) is 11.7 Å². The van der Waals surface area contributed by atoms with E-state index in [1.165, 1.54) is 24.6 Å². The van der Waals surface area contributed by atoms with Crippen LogP contribution in [0.2, 0.25) is 0 Å². The number of para-hydroxylation sites is 1. The molecule has 0 spiro atoms. The summed E-state index contributed by atoms with van der Waals surface area (Å²) < 4.78 is 9.36. The van der Waals surface area contributed by atoms with E-state index in [0.717, 1.165) is 55.0 Å². The summed E-state index contributed by atoms with van der Waals surface area (Å²) in [5.74, 6) is 2.19. The van der Waals surface area contributed by atoms with Gasteiger partial charge in [0.25, 0.3) is 0 Å². The standard InChI is InChI=1S/C24H31N7O2S/c1-2-30-23(29-12-14-33-15-13-29)26-27-24(30)34-17-22(32)25-21-16-20(18-8-6-7-9-18)28-31(21)19-10-4-3-5-11-19/h3-5,10-11,16,18H,2,6-9,12-15,17H2,1H3,(H,25,32). The third kappa shape index (κ3) is 4.97. The number of thioether (sulfide) groups is 1. The number of hydrogen-bond acceptors (Lipinski definition) is 7. The van der Waals surface area contributed by atoms with E-state index in [0.29, 0.717) is 24.9 Å². The molecule has 0 bridgehead atoms. The van der Waals surface area contributed by atoms with Crippen molar-refractivity contribution in [3.63, 3.8) is 0 Å². The molecule has 1 saturated carbocycles. The van der Waals surface area contributed by atoms with Crippen LogP contribution in [0, 0.1) is 0 Å². The molecule has 1 saturated heterocycles. The van der Waals surface area contributed by atoms with Crippen molar-refractivity contribution in [2.75, 3.05) is 42.3 Å². The molecule has 9 nitrogen and oxygen atoms in total. The number of hydrogen-bond donors (Lipinski definition) is 1. The number of anilines is 2. The molecule has 10 heteroatoms. The predicted octanol–water partition coefficient (Wildman–Crippen LogP) is 3.71. The molecule has 2 aliphatic rings. The average Bonchev–Trinajstić information content (AvgIpc) is 3.63. The molecule has 0 unspecified atom stereocenters. The number of benzene rings is 1. The number of rotatable bonds is 8. The Morgan fingerprint density at radius 1 is 1.15 bits per heavy atom. The van der Waals surface area contributed by atoms with E-state index < -0.39 is 0 Å². The monoisotopic (exact) mass is 481 g/mol. The zero-order chi connectivity index (χ0) is 23.3. The van der Waals surface area contributed by atoms with Crippen molar-refractivity contribution in [1.82, 2.24) is 24.5 Å². The highest BCUT2D eigenvalue weighted by Crippen LogP contribution is 2.35. The van der Waals surface area contributed by atoms with Crippen molar-refractivity contribution in [3.8, 4) is 5.69 Å². The van der Waals surface area contributed by atoms with Crippen molar-refractivity contribution in [2.45, 2.75) is 50.2 Å². The number of amides is 1. The Hall–Kier alpha value is -2.85. The van der Waals surface area contributed by atoms with Crippen molar-refractivity contribution in [2.24, 2.45) is 0 Å². The van der Waals surface area contributed by atoms with E-state index in [1.54, 1.807) is 0 Å². The number of carbonyl (C=O) groups is 1. The van der Waals surface area contributed by atoms with Crippen LogP contribution in [0.4, 0.5) is 11.8 Å². The van der Waals surface area contributed by atoms with Crippen molar-refractivity contribution in [3.05, 3.63) is 42.1 Å². The molecule has 3 heterocycles. The first-order valence-electron chi connectivity index (χ1n) is 12.1. The van der Waals surface area contributed by atoms with E-state index in [1.807, 2.05) is 41.1 Å². The van der Waals surface area contributed by atoms with Gasteiger partial charge in [-0.25, -0.2) is 4.68 Å². The lowest BCUT2D eigenvalue weighted by Gasteiger charge is -2.27. The van der Waals surface area contributed by atoms with Crippen LogP contribution >= 0.6 is 11.8 Å². The maximum atomic E-state index is 13.0. The lowest BCUT2D eigenvalue weighted by atomic mass is 10.0. The van der Waals surface area contributed by atoms with Crippen molar-refractivity contribution >= 4 is 29.4 Å². The van der Waals surface area contributed by atoms with Gasteiger partial charge in [0, 0.05) is 31.6 Å². The number of ether oxygens (including phenoxy) is 1. The van der Waals surface area contributed by atoms with Gasteiger partial charge in [0.15, 0.2) is 5.16 Å². The minimum Gasteiger partial charge on any atom is -0.378 e. The average molecular weight is 482 g/mol. The molecule has 1 amide bonds. The first kappa shape index (κ1) is 22.9. The van der Waals surface area contributed by atoms with E-state index >= 15 is 0 Å². The normalized spacial score (nSPS) is 16.8. The van der Waals surface area contributed by atoms with Gasteiger partial charge >= 0.3 is 0 Å². The van der Waals surface area contributed by atoms with Gasteiger partial charge in [-0.15, -0.1) is 10.2 Å². The highest BCUT2D eigenvalue weighted by molar-refractivity contribution is 7.99. The smallest absolute Gasteiger partial charge is 0.236 e. The van der Waals surface area contributed by atoms with Gasteiger partial charge in [-0.2, -0.15) is 5.10 Å². The summed E-state index contributed by atoms with van der Waals surface area (Å²) in [5, 5.41) is 17.5. The molecular weight excluding hydrogens is 450 g/mol. The number of aromatic nitrogens is 5. The molecule has 1 aliphatic carbocycles. The lowest BCUT2D eigenvalue weighted by molar-refractivity contribution is -0.113. The van der Waals surface area contributed by atoms with Crippen LogP contribution in [0.5, 0.6) is 0 Å². The van der Waals surface area contributed by atoms with Gasteiger partial charge in [0.05, 0.1) is 30.3 Å². The molecule has 180 valence electrons. The second kappa shape index (κ2) is 10.6. The minimum atomic E-state index is -0.0846. The minimum absolute atomic E-state index is 0.0846. The Bertz CT molecular complexity index is 1100. The Kier molecular flexibility index (Phi) is 7.15. The second-order valence-electron chi connectivity index (χ2n) is 8.65. The highest BCUT2D eigenvalue weighted by Gasteiger charge is 2.23. The van der Waals surface area contributed by atoms with Crippen LogP contribution < -0.4 is 10.2 Å². The van der Waals surface area contributed by atoms with Crippen LogP contribution in [0.1, 0.15) is 44.2 Å². The summed E-state index contributed by atoms with van der Waals surface area (Å²) in [7, 11) is 0. The van der Waals surface area contributed by atoms with Crippen LogP contribution in [-0.2, 0) is 16.1 Å². The largest absolute Gasteiger partial charge is 0.378 e. The summed E-state index contributed by atoms with van der Waals surface area (Å²) >= 11 is 1.41. The summed E-state index contributed by atoms with van der Waals surface area (Å²) in [6, 6.07) is 12.0. The zero-order valence-electron chi connectivity index (χ0n) is 19.5. The van der Waals surface area contributed by atoms with Gasteiger partial charge in [0.2, 0.25) is 11.9 Å². The van der Waals surface area contributed by atoms with Crippen LogP contribution in [-0.4, -0.2) is 62.5 Å². The topological polar surface area (TPSA) is 90.1 Å². The van der Waals surface area contributed by atoms with Gasteiger partial charge in [-0.3, -0.25) is 9.36 Å². The Labute approximate surface area is 203 Å². The molecule has 2 fully saturated rings. The molecule has 3 aromatic rings. The quantitative estimate of drug-likeness (QED) is 0.491. The molecule has 1 N–H and O–H groups in total. The van der Waals surface area contributed by atoms with Gasteiger partial charge < -0.3 is 15.0 Å². The number of morpholine rings is 1. The maximum Gasteiger partial charge on any atom is 0.236 e. The number of carbonyl (C=O) groups excluding carboxylic acids is 1. The molecular formula is C24H31N7O2S. The van der Waals surface area contributed by atoms with E-state index in [2.05, 4.69) is 31.9 Å². The lowest BCUT2D eigenvalue weighted by Crippen LogP contribution is -2.38. The van der Waals surface area contributed by atoms with Gasteiger partial charge in [-0.05, 0) is 31.9 Å². The fraction of sp³-hybridized carbons (Fsp3) is 0.500. The number of nitrogens with one attached hydrogen (secondary N) is 1. The third-order valence-electron chi connectivity index (χ3n) is 6.41. The fourth-order valence-electron chi connectivity index (χ4n) is 4.65. The Balaban J connectivity index is 1.29.